The first-order valence-corrected chi connectivity index (χ1v) is 9.42. The Morgan fingerprint density at radius 3 is 2.26 bits per heavy atom. The maximum absolute atomic E-state index is 12.6. The summed E-state index contributed by atoms with van der Waals surface area (Å²) < 4.78 is 5.21. The molecule has 27 heavy (non-hydrogen) atoms. The third-order valence-corrected chi connectivity index (χ3v) is 4.13. The third-order valence-electron chi connectivity index (χ3n) is 3.47. The van der Waals surface area contributed by atoms with E-state index < -0.39 is 40.3 Å². The zero-order valence-electron chi connectivity index (χ0n) is 15.8. The van der Waals surface area contributed by atoms with Crippen molar-refractivity contribution < 1.29 is 23.9 Å². The average molecular weight is 441 g/mol. The van der Waals surface area contributed by atoms with Crippen molar-refractivity contribution in [1.82, 2.24) is 10.6 Å². The van der Waals surface area contributed by atoms with Crippen LogP contribution in [0.2, 0.25) is 0 Å². The molecule has 0 fully saturated rings. The number of alkyl carbamates (subject to hydrolysis) is 1. The van der Waals surface area contributed by atoms with Crippen molar-refractivity contribution in [2.75, 3.05) is 0 Å². The molecule has 0 radical (unpaired) electrons. The summed E-state index contributed by atoms with van der Waals surface area (Å²) in [4.78, 5) is 46.5. The van der Waals surface area contributed by atoms with E-state index >= 15 is 0 Å². The van der Waals surface area contributed by atoms with E-state index in [0.717, 1.165) is 5.56 Å². The second-order valence-corrected chi connectivity index (χ2v) is 8.05. The summed E-state index contributed by atoms with van der Waals surface area (Å²) in [6, 6.07) is 7.30. The van der Waals surface area contributed by atoms with Crippen LogP contribution in [0.3, 0.4) is 0 Å². The molecule has 0 spiro atoms. The summed E-state index contributed by atoms with van der Waals surface area (Å²) in [5.41, 5.74) is 0.118. The van der Waals surface area contributed by atoms with Crippen molar-refractivity contribution in [3.8, 4) is 0 Å². The molecule has 8 heteroatoms. The standard InChI is InChI=1S/C19H25BrN2O5/c1-12(16(24)14(20)11-23)21-17(25)15(10-13-8-6-5-7-9-13)22-18(26)27-19(2,3)4/h5-9,11-12,14-15H,10H2,1-4H3,(H,21,25)(H,22,26)/t12?,14?,15-/m0/s1. The van der Waals surface area contributed by atoms with Crippen molar-refractivity contribution in [3.05, 3.63) is 35.9 Å². The molecule has 2 N–H and O–H groups in total. The van der Waals surface area contributed by atoms with Gasteiger partial charge >= 0.3 is 6.09 Å². The summed E-state index contributed by atoms with van der Waals surface area (Å²) in [5, 5.41) is 5.08. The largest absolute Gasteiger partial charge is 0.444 e. The van der Waals surface area contributed by atoms with Crippen LogP contribution in [0.4, 0.5) is 4.79 Å². The van der Waals surface area contributed by atoms with E-state index in [-0.39, 0.29) is 6.42 Å². The maximum atomic E-state index is 12.6. The second kappa shape index (κ2) is 10.2. The van der Waals surface area contributed by atoms with E-state index in [2.05, 4.69) is 26.6 Å². The van der Waals surface area contributed by atoms with Gasteiger partial charge in [-0.2, -0.15) is 0 Å². The number of hydrogen-bond donors (Lipinski definition) is 2. The topological polar surface area (TPSA) is 102 Å². The highest BCUT2D eigenvalue weighted by molar-refractivity contribution is 9.10. The molecule has 0 aliphatic heterocycles. The highest BCUT2D eigenvalue weighted by atomic mass is 79.9. The molecule has 1 aromatic carbocycles. The Kier molecular flexibility index (Phi) is 8.62. The Bertz CT molecular complexity index is 672. The Morgan fingerprint density at radius 2 is 1.74 bits per heavy atom. The highest BCUT2D eigenvalue weighted by Crippen LogP contribution is 2.09. The number of rotatable bonds is 8. The number of carbonyl (C=O) groups excluding carboxylic acids is 4. The first-order chi connectivity index (χ1) is 12.5. The summed E-state index contributed by atoms with van der Waals surface area (Å²) in [6.07, 6.45) is -0.0623. The summed E-state index contributed by atoms with van der Waals surface area (Å²) >= 11 is 2.94. The van der Waals surface area contributed by atoms with Crippen LogP contribution in [-0.2, 0) is 25.5 Å². The normalized spacial score (nSPS) is 14.4. The Morgan fingerprint density at radius 1 is 1.15 bits per heavy atom. The molecule has 1 rings (SSSR count). The van der Waals surface area contributed by atoms with Crippen LogP contribution in [0.15, 0.2) is 30.3 Å². The van der Waals surface area contributed by atoms with Crippen molar-refractivity contribution in [3.63, 3.8) is 0 Å². The number of Topliss-reactive ketones (excluding diaryl/α,β-unsaturated/α-hetero) is 1. The smallest absolute Gasteiger partial charge is 0.408 e. The van der Waals surface area contributed by atoms with Crippen molar-refractivity contribution >= 4 is 40.0 Å². The number of hydrogen-bond acceptors (Lipinski definition) is 5. The molecule has 0 heterocycles. The Hall–Kier alpha value is -2.22. The monoisotopic (exact) mass is 440 g/mol. The quantitative estimate of drug-likeness (QED) is 0.366. The van der Waals surface area contributed by atoms with Crippen LogP contribution >= 0.6 is 15.9 Å². The number of ketones is 1. The maximum Gasteiger partial charge on any atom is 0.408 e. The third kappa shape index (κ3) is 8.34. The SMILES string of the molecule is CC(NC(=O)[C@H](Cc1ccccc1)NC(=O)OC(C)(C)C)C(=O)C(Br)C=O. The van der Waals surface area contributed by atoms with E-state index in [4.69, 9.17) is 4.74 Å². The number of carbonyl (C=O) groups is 4. The van der Waals surface area contributed by atoms with Gasteiger partial charge in [-0.05, 0) is 33.3 Å². The summed E-state index contributed by atoms with van der Waals surface area (Å²) in [6.45, 7) is 6.63. The fourth-order valence-electron chi connectivity index (χ4n) is 2.20. The van der Waals surface area contributed by atoms with Gasteiger partial charge in [0.05, 0.1) is 6.04 Å². The molecule has 0 saturated heterocycles. The molecule has 0 bridgehead atoms. The van der Waals surface area contributed by atoms with Crippen LogP contribution in [0.5, 0.6) is 0 Å². The predicted molar refractivity (Wildman–Crippen MR) is 105 cm³/mol. The van der Waals surface area contributed by atoms with Crippen LogP contribution in [0.25, 0.3) is 0 Å². The van der Waals surface area contributed by atoms with Gasteiger partial charge in [0, 0.05) is 6.42 Å². The molecule has 1 aromatic rings. The minimum absolute atomic E-state index is 0.220. The first-order valence-electron chi connectivity index (χ1n) is 8.50. The summed E-state index contributed by atoms with van der Waals surface area (Å²) in [5.74, 6) is -1.02. The molecular weight excluding hydrogens is 416 g/mol. The van der Waals surface area contributed by atoms with Crippen molar-refractivity contribution in [2.24, 2.45) is 0 Å². The van der Waals surface area contributed by atoms with Crippen LogP contribution in [0.1, 0.15) is 33.3 Å². The molecule has 2 amide bonds. The number of amides is 2. The Balaban J connectivity index is 2.88. The van der Waals surface area contributed by atoms with Crippen LogP contribution in [0, 0.1) is 0 Å². The lowest BCUT2D eigenvalue weighted by Gasteiger charge is -2.24. The van der Waals surface area contributed by atoms with Gasteiger partial charge in [0.25, 0.3) is 0 Å². The van der Waals surface area contributed by atoms with Crippen LogP contribution in [-0.4, -0.2) is 46.6 Å². The average Bonchev–Trinajstić information content (AvgIpc) is 2.58. The van der Waals surface area contributed by atoms with Gasteiger partial charge in [0.2, 0.25) is 5.91 Å². The van der Waals surface area contributed by atoms with Gasteiger partial charge < -0.3 is 20.2 Å². The number of benzene rings is 1. The zero-order valence-corrected chi connectivity index (χ0v) is 17.4. The lowest BCUT2D eigenvalue weighted by atomic mass is 10.0. The second-order valence-electron chi connectivity index (χ2n) is 7.06. The molecule has 0 aliphatic rings. The molecule has 148 valence electrons. The molecule has 2 unspecified atom stereocenters. The fourth-order valence-corrected chi connectivity index (χ4v) is 2.60. The minimum Gasteiger partial charge on any atom is -0.444 e. The minimum atomic E-state index is -1.00. The van der Waals surface area contributed by atoms with Gasteiger partial charge in [-0.25, -0.2) is 4.79 Å². The van der Waals surface area contributed by atoms with Gasteiger partial charge in [-0.3, -0.25) is 9.59 Å². The van der Waals surface area contributed by atoms with Crippen LogP contribution < -0.4 is 10.6 Å². The molecular formula is C19H25BrN2O5. The zero-order chi connectivity index (χ0) is 20.6. The van der Waals surface area contributed by atoms with E-state index in [1.807, 2.05) is 30.3 Å². The molecule has 3 atom stereocenters. The fraction of sp³-hybridized carbons (Fsp3) is 0.474. The molecule has 7 nitrogen and oxygen atoms in total. The number of ether oxygens (including phenoxy) is 1. The van der Waals surface area contributed by atoms with Crippen molar-refractivity contribution in [2.45, 2.75) is 56.6 Å². The summed E-state index contributed by atoms with van der Waals surface area (Å²) in [7, 11) is 0. The molecule has 0 saturated carbocycles. The number of nitrogens with one attached hydrogen (secondary N) is 2. The lowest BCUT2D eigenvalue weighted by molar-refractivity contribution is -0.129. The highest BCUT2D eigenvalue weighted by Gasteiger charge is 2.28. The number of alkyl halides is 1. The van der Waals surface area contributed by atoms with E-state index in [1.165, 1.54) is 6.92 Å². The van der Waals surface area contributed by atoms with Gasteiger partial charge in [0.15, 0.2) is 5.78 Å². The van der Waals surface area contributed by atoms with Gasteiger partial charge in [-0.15, -0.1) is 0 Å². The van der Waals surface area contributed by atoms with E-state index in [1.54, 1.807) is 20.8 Å². The molecule has 0 aliphatic carbocycles. The van der Waals surface area contributed by atoms with Gasteiger partial charge in [-0.1, -0.05) is 46.3 Å². The number of aldehydes is 1. The van der Waals surface area contributed by atoms with Gasteiger partial charge in [0.1, 0.15) is 22.8 Å². The Labute approximate surface area is 167 Å². The molecule has 0 aromatic heterocycles. The van der Waals surface area contributed by atoms with E-state index in [0.29, 0.717) is 6.29 Å². The number of halogens is 1. The first kappa shape index (κ1) is 22.8. The van der Waals surface area contributed by atoms with E-state index in [9.17, 15) is 19.2 Å². The predicted octanol–water partition coefficient (Wildman–Crippen LogP) is 2.16. The lowest BCUT2D eigenvalue weighted by Crippen LogP contribution is -2.53. The van der Waals surface area contributed by atoms with Crippen molar-refractivity contribution in [1.29, 1.82) is 0 Å².